The number of aliphatic hydroxyl groups excluding tert-OH is 1. The van der Waals surface area contributed by atoms with Crippen LogP contribution in [0.1, 0.15) is 28.6 Å². The van der Waals surface area contributed by atoms with Gasteiger partial charge in [-0.3, -0.25) is 4.90 Å². The Bertz CT molecular complexity index is 1010. The second-order valence-electron chi connectivity index (χ2n) is 6.45. The fourth-order valence-electron chi connectivity index (χ4n) is 3.35. The van der Waals surface area contributed by atoms with Crippen molar-refractivity contribution in [3.05, 3.63) is 89.2 Å². The number of anilines is 1. The van der Waals surface area contributed by atoms with Gasteiger partial charge in [-0.1, -0.05) is 60.7 Å². The van der Waals surface area contributed by atoms with Gasteiger partial charge in [0.2, 0.25) is 0 Å². The molecule has 0 saturated heterocycles. The van der Waals surface area contributed by atoms with Crippen LogP contribution < -0.4 is 5.32 Å². The van der Waals surface area contributed by atoms with E-state index >= 15 is 0 Å². The highest BCUT2D eigenvalue weighted by atomic mass is 16.3. The number of aromatic nitrogens is 1. The summed E-state index contributed by atoms with van der Waals surface area (Å²) in [5.74, 6) is 0. The second kappa shape index (κ2) is 6.98. The number of amides is 2. The Labute approximate surface area is 156 Å². The van der Waals surface area contributed by atoms with Crippen LogP contribution in [0.2, 0.25) is 0 Å². The number of rotatable bonds is 4. The molecule has 0 bridgehead atoms. The molecule has 0 fully saturated rings. The zero-order valence-corrected chi connectivity index (χ0v) is 14.5. The molecular formula is C21H18N4O2. The second-order valence-corrected chi connectivity index (χ2v) is 6.45. The summed E-state index contributed by atoms with van der Waals surface area (Å²) in [6.07, 6.45) is 0.535. The van der Waals surface area contributed by atoms with Crippen LogP contribution in [0, 0.1) is 11.3 Å². The minimum Gasteiger partial charge on any atom is -0.368 e. The molecule has 0 aliphatic carbocycles. The number of carbonyl (C=O) groups excluding carboxylic acids is 1. The third kappa shape index (κ3) is 3.16. The average Bonchev–Trinajstić information content (AvgIpc) is 3.04. The van der Waals surface area contributed by atoms with E-state index in [0.717, 1.165) is 11.1 Å². The summed E-state index contributed by atoms with van der Waals surface area (Å²) < 4.78 is 1.82. The van der Waals surface area contributed by atoms with Gasteiger partial charge in [0, 0.05) is 12.7 Å². The lowest BCUT2D eigenvalue weighted by Gasteiger charge is -2.33. The maximum atomic E-state index is 12.5. The summed E-state index contributed by atoms with van der Waals surface area (Å²) in [6.45, 7) is 0.767. The van der Waals surface area contributed by atoms with Gasteiger partial charge in [0.1, 0.15) is 6.07 Å². The Kier molecular flexibility index (Phi) is 4.37. The Balaban J connectivity index is 1.71. The third-order valence-electron chi connectivity index (χ3n) is 4.66. The first kappa shape index (κ1) is 16.9. The van der Waals surface area contributed by atoms with Crippen LogP contribution in [0.5, 0.6) is 0 Å². The normalized spacial score (nSPS) is 15.8. The summed E-state index contributed by atoms with van der Waals surface area (Å²) in [5.41, 5.74) is 3.20. The van der Waals surface area contributed by atoms with E-state index in [1.54, 1.807) is 6.20 Å². The fourth-order valence-corrected chi connectivity index (χ4v) is 3.35. The summed E-state index contributed by atoms with van der Waals surface area (Å²) in [6, 6.07) is 20.9. The zero-order chi connectivity index (χ0) is 18.8. The minimum atomic E-state index is -1.14. The number of benzene rings is 2. The van der Waals surface area contributed by atoms with E-state index in [2.05, 4.69) is 11.4 Å². The van der Waals surface area contributed by atoms with Gasteiger partial charge in [-0.05, 0) is 11.1 Å². The van der Waals surface area contributed by atoms with Crippen LogP contribution in [0.3, 0.4) is 0 Å². The molecule has 1 aliphatic heterocycles. The number of hydrogen-bond donors (Lipinski definition) is 2. The molecule has 1 unspecified atom stereocenters. The first-order chi connectivity index (χ1) is 13.2. The third-order valence-corrected chi connectivity index (χ3v) is 4.66. The number of nitrogens with zero attached hydrogens (tertiary/aromatic N) is 3. The van der Waals surface area contributed by atoms with Crippen LogP contribution in [0.15, 0.2) is 66.9 Å². The molecule has 1 aromatic heterocycles. The molecule has 4 rings (SSSR count). The lowest BCUT2D eigenvalue weighted by Crippen LogP contribution is -2.42. The molecule has 3 aromatic rings. The Hall–Kier alpha value is -3.56. The maximum absolute atomic E-state index is 12.5. The van der Waals surface area contributed by atoms with Gasteiger partial charge < -0.3 is 15.0 Å². The molecule has 0 radical (unpaired) electrons. The van der Waals surface area contributed by atoms with Crippen LogP contribution in [-0.4, -0.2) is 20.6 Å². The highest BCUT2D eigenvalue weighted by Gasteiger charge is 2.35. The highest BCUT2D eigenvalue weighted by Crippen LogP contribution is 2.36. The van der Waals surface area contributed by atoms with Crippen molar-refractivity contribution < 1.29 is 9.90 Å². The summed E-state index contributed by atoms with van der Waals surface area (Å²) in [4.78, 5) is 13.9. The number of nitrogens with one attached hydrogen (secondary N) is 1. The molecule has 134 valence electrons. The molecule has 2 heterocycles. The average molecular weight is 358 g/mol. The van der Waals surface area contributed by atoms with Crippen molar-refractivity contribution in [2.24, 2.45) is 0 Å². The number of carbonyl (C=O) groups is 1. The molecule has 6 nitrogen and oxygen atoms in total. The SMILES string of the molecule is N#Cc1cn(Cc2ccccc2)c2c1NC(=O)N(Cc1ccccc1)C2O. The highest BCUT2D eigenvalue weighted by molar-refractivity contribution is 5.94. The monoisotopic (exact) mass is 358 g/mol. The number of nitriles is 1. The molecule has 27 heavy (non-hydrogen) atoms. The largest absolute Gasteiger partial charge is 0.368 e. The van der Waals surface area contributed by atoms with Gasteiger partial charge in [-0.15, -0.1) is 0 Å². The zero-order valence-electron chi connectivity index (χ0n) is 14.5. The van der Waals surface area contributed by atoms with E-state index in [1.807, 2.05) is 65.2 Å². The van der Waals surface area contributed by atoms with E-state index in [9.17, 15) is 15.2 Å². The predicted octanol–water partition coefficient (Wildman–Crippen LogP) is 3.45. The molecule has 0 saturated carbocycles. The van der Waals surface area contributed by atoms with Crippen LogP contribution in [-0.2, 0) is 13.1 Å². The van der Waals surface area contributed by atoms with Gasteiger partial charge >= 0.3 is 6.03 Å². The Morgan fingerprint density at radius 3 is 2.19 bits per heavy atom. The van der Waals surface area contributed by atoms with Gasteiger partial charge in [0.25, 0.3) is 0 Å². The van der Waals surface area contributed by atoms with Gasteiger partial charge in [-0.2, -0.15) is 5.26 Å². The first-order valence-electron chi connectivity index (χ1n) is 8.64. The lowest BCUT2D eigenvalue weighted by atomic mass is 10.1. The number of hydrogen-bond acceptors (Lipinski definition) is 3. The molecule has 6 heteroatoms. The van der Waals surface area contributed by atoms with Crippen molar-refractivity contribution in [3.8, 4) is 6.07 Å². The lowest BCUT2D eigenvalue weighted by molar-refractivity contribution is 0.0205. The van der Waals surface area contributed by atoms with Crippen molar-refractivity contribution in [2.75, 3.05) is 5.32 Å². The summed E-state index contributed by atoms with van der Waals surface area (Å²) in [5, 5.41) is 23.2. The molecule has 2 N–H and O–H groups in total. The van der Waals surface area contributed by atoms with Crippen molar-refractivity contribution in [1.29, 1.82) is 5.26 Å². The van der Waals surface area contributed by atoms with Crippen molar-refractivity contribution in [3.63, 3.8) is 0 Å². The van der Waals surface area contributed by atoms with Gasteiger partial charge in [0.15, 0.2) is 6.23 Å². The molecular weight excluding hydrogens is 340 g/mol. The van der Waals surface area contributed by atoms with Crippen LogP contribution in [0.4, 0.5) is 10.5 Å². The van der Waals surface area contributed by atoms with Crippen LogP contribution in [0.25, 0.3) is 0 Å². The number of urea groups is 1. The maximum Gasteiger partial charge on any atom is 0.324 e. The van der Waals surface area contributed by atoms with E-state index in [0.29, 0.717) is 23.5 Å². The van der Waals surface area contributed by atoms with E-state index in [4.69, 9.17) is 0 Å². The summed E-state index contributed by atoms with van der Waals surface area (Å²) in [7, 11) is 0. The van der Waals surface area contributed by atoms with Gasteiger partial charge in [0.05, 0.1) is 23.5 Å². The van der Waals surface area contributed by atoms with Crippen molar-refractivity contribution >= 4 is 11.7 Å². The molecule has 2 aromatic carbocycles. The first-order valence-corrected chi connectivity index (χ1v) is 8.64. The standard InChI is InChI=1S/C21H18N4O2/c22-11-17-14-24(12-15-7-3-1-4-8-15)19-18(17)23-21(27)25(20(19)26)13-16-9-5-2-6-10-16/h1-10,14,20,26H,12-13H2,(H,23,27). The fraction of sp³-hybridized carbons (Fsp3) is 0.143. The smallest absolute Gasteiger partial charge is 0.324 e. The molecule has 1 atom stereocenters. The van der Waals surface area contributed by atoms with E-state index < -0.39 is 12.3 Å². The van der Waals surface area contributed by atoms with Crippen LogP contribution >= 0.6 is 0 Å². The topological polar surface area (TPSA) is 81.3 Å². The van der Waals surface area contributed by atoms with Gasteiger partial charge in [-0.25, -0.2) is 4.79 Å². The molecule has 0 spiro atoms. The molecule has 1 aliphatic rings. The van der Waals surface area contributed by atoms with Crippen molar-refractivity contribution in [2.45, 2.75) is 19.3 Å². The number of fused-ring (bicyclic) bond motifs is 1. The molecule has 2 amide bonds. The minimum absolute atomic E-state index is 0.270. The Morgan fingerprint density at radius 1 is 1.00 bits per heavy atom. The predicted molar refractivity (Wildman–Crippen MR) is 101 cm³/mol. The van der Waals surface area contributed by atoms with E-state index in [-0.39, 0.29) is 6.54 Å². The summed E-state index contributed by atoms with van der Waals surface area (Å²) >= 11 is 0. The Morgan fingerprint density at radius 2 is 1.59 bits per heavy atom. The van der Waals surface area contributed by atoms with Crippen molar-refractivity contribution in [1.82, 2.24) is 9.47 Å². The van der Waals surface area contributed by atoms with E-state index in [1.165, 1.54) is 4.90 Å². The number of aliphatic hydroxyl groups is 1. The quantitative estimate of drug-likeness (QED) is 0.749.